The molecule has 2 heteroatoms. The molecule has 2 aliphatic rings. The maximum atomic E-state index is 6.32. The van der Waals surface area contributed by atoms with Gasteiger partial charge in [-0.25, -0.2) is 0 Å². The van der Waals surface area contributed by atoms with Gasteiger partial charge in [-0.1, -0.05) is 43.2 Å². The lowest BCUT2D eigenvalue weighted by Gasteiger charge is -2.25. The Hall–Kier alpha value is -0.860. The fourth-order valence-corrected chi connectivity index (χ4v) is 3.80. The highest BCUT2D eigenvalue weighted by Crippen LogP contribution is 2.45. The maximum absolute atomic E-state index is 6.32. The van der Waals surface area contributed by atoms with E-state index in [9.17, 15) is 0 Å². The summed E-state index contributed by atoms with van der Waals surface area (Å²) in [5, 5.41) is 0. The molecule has 2 fully saturated rings. The van der Waals surface area contributed by atoms with Crippen molar-refractivity contribution in [2.24, 2.45) is 11.1 Å². The molecule has 1 spiro atoms. The van der Waals surface area contributed by atoms with Crippen LogP contribution in [0.5, 0.6) is 0 Å². The molecule has 1 aliphatic heterocycles. The van der Waals surface area contributed by atoms with Crippen molar-refractivity contribution in [3.8, 4) is 0 Å². The number of nitrogens with two attached hydrogens (primary N) is 1. The molecule has 1 heterocycles. The van der Waals surface area contributed by atoms with Gasteiger partial charge in [0, 0.05) is 19.1 Å². The molecule has 1 aliphatic carbocycles. The summed E-state index contributed by atoms with van der Waals surface area (Å²) in [6.07, 6.45) is 7.18. The van der Waals surface area contributed by atoms with E-state index in [1.807, 2.05) is 0 Å². The zero-order chi connectivity index (χ0) is 12.4. The Morgan fingerprint density at radius 3 is 2.56 bits per heavy atom. The molecule has 98 valence electrons. The highest BCUT2D eigenvalue weighted by Gasteiger charge is 2.40. The third-order valence-corrected chi connectivity index (χ3v) is 4.86. The average molecular weight is 244 g/mol. The molecule has 1 saturated carbocycles. The van der Waals surface area contributed by atoms with E-state index >= 15 is 0 Å². The van der Waals surface area contributed by atoms with E-state index in [0.717, 1.165) is 6.54 Å². The minimum absolute atomic E-state index is 0.169. The summed E-state index contributed by atoms with van der Waals surface area (Å²) >= 11 is 0. The van der Waals surface area contributed by atoms with Crippen molar-refractivity contribution in [1.29, 1.82) is 0 Å². The van der Waals surface area contributed by atoms with Crippen LogP contribution in [0, 0.1) is 5.41 Å². The zero-order valence-corrected chi connectivity index (χ0v) is 11.1. The van der Waals surface area contributed by atoms with E-state index in [2.05, 4.69) is 35.2 Å². The van der Waals surface area contributed by atoms with Gasteiger partial charge >= 0.3 is 0 Å². The third kappa shape index (κ3) is 2.45. The van der Waals surface area contributed by atoms with Crippen LogP contribution in [0.25, 0.3) is 0 Å². The van der Waals surface area contributed by atoms with Crippen molar-refractivity contribution >= 4 is 0 Å². The second-order valence-electron chi connectivity index (χ2n) is 6.21. The van der Waals surface area contributed by atoms with Crippen LogP contribution >= 0.6 is 0 Å². The Bertz CT molecular complexity index is 381. The fraction of sp³-hybridized carbons (Fsp3) is 0.625. The SMILES string of the molecule is NC(CN1CCC2(CCCC2)C1)c1ccccc1. The van der Waals surface area contributed by atoms with Gasteiger partial charge < -0.3 is 10.6 Å². The molecule has 0 radical (unpaired) electrons. The average Bonchev–Trinajstić information content (AvgIpc) is 3.02. The molecule has 0 amide bonds. The van der Waals surface area contributed by atoms with Crippen LogP contribution in [0.4, 0.5) is 0 Å². The van der Waals surface area contributed by atoms with Crippen LogP contribution in [0.15, 0.2) is 30.3 Å². The summed E-state index contributed by atoms with van der Waals surface area (Å²) in [5.41, 5.74) is 8.25. The summed E-state index contributed by atoms with van der Waals surface area (Å²) in [7, 11) is 0. The summed E-state index contributed by atoms with van der Waals surface area (Å²) in [5.74, 6) is 0. The van der Waals surface area contributed by atoms with Crippen LogP contribution < -0.4 is 5.73 Å². The lowest BCUT2D eigenvalue weighted by Crippen LogP contribution is -2.32. The summed E-state index contributed by atoms with van der Waals surface area (Å²) in [6.45, 7) is 3.56. The summed E-state index contributed by atoms with van der Waals surface area (Å²) < 4.78 is 0. The molecule has 0 aromatic heterocycles. The number of likely N-dealkylation sites (tertiary alicyclic amines) is 1. The van der Waals surface area contributed by atoms with Gasteiger partial charge in [-0.05, 0) is 36.8 Å². The van der Waals surface area contributed by atoms with Crippen molar-refractivity contribution in [3.05, 3.63) is 35.9 Å². The van der Waals surface area contributed by atoms with Crippen LogP contribution in [-0.2, 0) is 0 Å². The number of benzene rings is 1. The molecule has 1 saturated heterocycles. The number of nitrogens with zero attached hydrogens (tertiary/aromatic N) is 1. The Kier molecular flexibility index (Phi) is 3.40. The van der Waals surface area contributed by atoms with Crippen molar-refractivity contribution < 1.29 is 0 Å². The Labute approximate surface area is 110 Å². The number of hydrogen-bond donors (Lipinski definition) is 1. The molecule has 18 heavy (non-hydrogen) atoms. The first kappa shape index (κ1) is 12.2. The fourth-order valence-electron chi connectivity index (χ4n) is 3.80. The minimum Gasteiger partial charge on any atom is -0.323 e. The maximum Gasteiger partial charge on any atom is 0.0424 e. The normalized spacial score (nSPS) is 24.7. The smallest absolute Gasteiger partial charge is 0.0424 e. The number of hydrogen-bond acceptors (Lipinski definition) is 2. The van der Waals surface area contributed by atoms with Crippen molar-refractivity contribution in [2.75, 3.05) is 19.6 Å². The zero-order valence-electron chi connectivity index (χ0n) is 11.1. The Morgan fingerprint density at radius 2 is 1.83 bits per heavy atom. The van der Waals surface area contributed by atoms with E-state index in [1.54, 1.807) is 0 Å². The van der Waals surface area contributed by atoms with Gasteiger partial charge in [0.25, 0.3) is 0 Å². The standard InChI is InChI=1S/C16H24N2/c17-15(14-6-2-1-3-7-14)12-18-11-10-16(13-18)8-4-5-9-16/h1-3,6-7,15H,4-5,8-13,17H2. The first-order valence-corrected chi connectivity index (χ1v) is 7.30. The quantitative estimate of drug-likeness (QED) is 0.885. The molecule has 0 bridgehead atoms. The number of rotatable bonds is 3. The van der Waals surface area contributed by atoms with Gasteiger partial charge in [0.1, 0.15) is 0 Å². The van der Waals surface area contributed by atoms with Gasteiger partial charge in [-0.2, -0.15) is 0 Å². The van der Waals surface area contributed by atoms with E-state index in [1.165, 1.54) is 50.8 Å². The molecular weight excluding hydrogens is 220 g/mol. The van der Waals surface area contributed by atoms with Gasteiger partial charge in [0.2, 0.25) is 0 Å². The summed E-state index contributed by atoms with van der Waals surface area (Å²) in [4.78, 5) is 2.59. The second-order valence-corrected chi connectivity index (χ2v) is 6.21. The van der Waals surface area contributed by atoms with E-state index in [0.29, 0.717) is 5.41 Å². The molecule has 2 nitrogen and oxygen atoms in total. The van der Waals surface area contributed by atoms with Gasteiger partial charge in [-0.15, -0.1) is 0 Å². The molecule has 1 atom stereocenters. The Morgan fingerprint density at radius 1 is 1.11 bits per heavy atom. The highest BCUT2D eigenvalue weighted by molar-refractivity contribution is 5.18. The van der Waals surface area contributed by atoms with Gasteiger partial charge in [0.15, 0.2) is 0 Å². The highest BCUT2D eigenvalue weighted by atomic mass is 15.2. The van der Waals surface area contributed by atoms with E-state index in [-0.39, 0.29) is 6.04 Å². The van der Waals surface area contributed by atoms with Gasteiger partial charge in [0.05, 0.1) is 0 Å². The van der Waals surface area contributed by atoms with Crippen LogP contribution in [0.2, 0.25) is 0 Å². The van der Waals surface area contributed by atoms with Gasteiger partial charge in [-0.3, -0.25) is 0 Å². The molecule has 1 aromatic rings. The monoisotopic (exact) mass is 244 g/mol. The van der Waals surface area contributed by atoms with Crippen molar-refractivity contribution in [2.45, 2.75) is 38.1 Å². The molecule has 2 N–H and O–H groups in total. The van der Waals surface area contributed by atoms with Crippen LogP contribution in [0.1, 0.15) is 43.7 Å². The first-order chi connectivity index (χ1) is 8.77. The van der Waals surface area contributed by atoms with Crippen molar-refractivity contribution in [3.63, 3.8) is 0 Å². The Balaban J connectivity index is 1.58. The first-order valence-electron chi connectivity index (χ1n) is 7.30. The van der Waals surface area contributed by atoms with Crippen LogP contribution in [-0.4, -0.2) is 24.5 Å². The molecule has 1 unspecified atom stereocenters. The van der Waals surface area contributed by atoms with E-state index in [4.69, 9.17) is 5.73 Å². The summed E-state index contributed by atoms with van der Waals surface area (Å²) in [6, 6.07) is 10.7. The van der Waals surface area contributed by atoms with Crippen LogP contribution in [0.3, 0.4) is 0 Å². The lowest BCUT2D eigenvalue weighted by molar-refractivity contribution is 0.251. The second kappa shape index (κ2) is 5.02. The third-order valence-electron chi connectivity index (χ3n) is 4.86. The molecular formula is C16H24N2. The topological polar surface area (TPSA) is 29.3 Å². The predicted molar refractivity (Wildman–Crippen MR) is 75.3 cm³/mol. The minimum atomic E-state index is 0.169. The van der Waals surface area contributed by atoms with Crippen molar-refractivity contribution in [1.82, 2.24) is 4.90 Å². The predicted octanol–water partition coefficient (Wildman–Crippen LogP) is 2.95. The molecule has 1 aromatic carbocycles. The lowest BCUT2D eigenvalue weighted by atomic mass is 9.86. The van der Waals surface area contributed by atoms with E-state index < -0.39 is 0 Å². The largest absolute Gasteiger partial charge is 0.323 e. The molecule has 3 rings (SSSR count).